The van der Waals surface area contributed by atoms with E-state index >= 15 is 0 Å². The van der Waals surface area contributed by atoms with Gasteiger partial charge in [-0.1, -0.05) is 13.8 Å². The molecule has 0 aliphatic carbocycles. The van der Waals surface area contributed by atoms with E-state index in [9.17, 15) is 8.42 Å². The quantitative estimate of drug-likeness (QED) is 0.796. The average Bonchev–Trinajstić information content (AvgIpc) is 2.68. The second-order valence-electron chi connectivity index (χ2n) is 6.49. The number of sulfonamides is 1. The van der Waals surface area contributed by atoms with Crippen molar-refractivity contribution in [1.29, 1.82) is 0 Å². The van der Waals surface area contributed by atoms with Crippen molar-refractivity contribution in [1.82, 2.24) is 14.3 Å². The molecule has 140 valence electrons. The Hall–Kier alpha value is -2.19. The highest BCUT2D eigenvalue weighted by atomic mass is 32.2. The van der Waals surface area contributed by atoms with Crippen LogP contribution in [-0.4, -0.2) is 56.0 Å². The zero-order chi connectivity index (χ0) is 18.7. The van der Waals surface area contributed by atoms with Crippen LogP contribution >= 0.6 is 0 Å². The van der Waals surface area contributed by atoms with Gasteiger partial charge in [-0.15, -0.1) is 0 Å². The average molecular weight is 376 g/mol. The van der Waals surface area contributed by atoms with Crippen molar-refractivity contribution >= 4 is 15.8 Å². The Labute approximate surface area is 154 Å². The van der Waals surface area contributed by atoms with Crippen LogP contribution in [0.1, 0.15) is 25.5 Å². The van der Waals surface area contributed by atoms with Gasteiger partial charge in [0.1, 0.15) is 5.75 Å². The maximum atomic E-state index is 12.8. The van der Waals surface area contributed by atoms with Gasteiger partial charge in [0.05, 0.1) is 17.7 Å². The number of aromatic nitrogens is 2. The van der Waals surface area contributed by atoms with E-state index < -0.39 is 10.0 Å². The van der Waals surface area contributed by atoms with E-state index in [1.807, 2.05) is 0 Å². The first-order chi connectivity index (χ1) is 12.4. The Balaban J connectivity index is 1.74. The number of benzene rings is 1. The van der Waals surface area contributed by atoms with Crippen LogP contribution < -0.4 is 9.64 Å². The maximum Gasteiger partial charge on any atom is 0.243 e. The van der Waals surface area contributed by atoms with Crippen LogP contribution in [-0.2, 0) is 10.0 Å². The predicted molar refractivity (Wildman–Crippen MR) is 100 cm³/mol. The van der Waals surface area contributed by atoms with Crippen molar-refractivity contribution in [3.05, 3.63) is 42.4 Å². The van der Waals surface area contributed by atoms with Crippen LogP contribution in [0.2, 0.25) is 0 Å². The van der Waals surface area contributed by atoms with E-state index in [1.54, 1.807) is 43.8 Å². The molecule has 1 aromatic carbocycles. The molecule has 1 aromatic heterocycles. The summed E-state index contributed by atoms with van der Waals surface area (Å²) in [5, 5.41) is 0. The van der Waals surface area contributed by atoms with Crippen LogP contribution in [0.5, 0.6) is 5.75 Å². The minimum absolute atomic E-state index is 0.264. The molecule has 0 bridgehead atoms. The molecule has 26 heavy (non-hydrogen) atoms. The summed E-state index contributed by atoms with van der Waals surface area (Å²) in [6.45, 7) is 6.18. The number of nitrogens with zero attached hydrogens (tertiary/aromatic N) is 4. The van der Waals surface area contributed by atoms with Crippen molar-refractivity contribution in [2.75, 3.05) is 38.2 Å². The van der Waals surface area contributed by atoms with Gasteiger partial charge in [-0.25, -0.2) is 13.4 Å². The zero-order valence-electron chi connectivity index (χ0n) is 15.3. The molecule has 8 heteroatoms. The number of hydrogen-bond donors (Lipinski definition) is 0. The molecular formula is C18H24N4O3S. The molecule has 3 rings (SSSR count). The lowest BCUT2D eigenvalue weighted by molar-refractivity contribution is 0.383. The van der Waals surface area contributed by atoms with Gasteiger partial charge in [0, 0.05) is 38.6 Å². The Kier molecular flexibility index (Phi) is 5.43. The van der Waals surface area contributed by atoms with Crippen LogP contribution in [0.4, 0.5) is 5.82 Å². The minimum Gasteiger partial charge on any atom is -0.497 e. The Morgan fingerprint density at radius 3 is 2.19 bits per heavy atom. The molecule has 1 saturated heterocycles. The number of ether oxygens (including phenoxy) is 1. The van der Waals surface area contributed by atoms with Crippen LogP contribution in [0.3, 0.4) is 0 Å². The summed E-state index contributed by atoms with van der Waals surface area (Å²) in [6, 6.07) is 6.50. The molecule has 0 atom stereocenters. The van der Waals surface area contributed by atoms with Crippen molar-refractivity contribution < 1.29 is 13.2 Å². The molecule has 0 amide bonds. The van der Waals surface area contributed by atoms with Gasteiger partial charge < -0.3 is 9.64 Å². The third kappa shape index (κ3) is 3.66. The van der Waals surface area contributed by atoms with Crippen LogP contribution in [0, 0.1) is 0 Å². The van der Waals surface area contributed by atoms with Crippen molar-refractivity contribution in [3.63, 3.8) is 0 Å². The fourth-order valence-electron chi connectivity index (χ4n) is 3.03. The summed E-state index contributed by atoms with van der Waals surface area (Å²) < 4.78 is 32.3. The third-order valence-corrected chi connectivity index (χ3v) is 6.40. The number of piperazine rings is 1. The summed E-state index contributed by atoms with van der Waals surface area (Å²) >= 11 is 0. The summed E-state index contributed by atoms with van der Waals surface area (Å²) in [7, 11) is -1.95. The van der Waals surface area contributed by atoms with E-state index in [-0.39, 0.29) is 10.8 Å². The van der Waals surface area contributed by atoms with Gasteiger partial charge in [-0.2, -0.15) is 4.31 Å². The molecule has 0 N–H and O–H groups in total. The number of hydrogen-bond acceptors (Lipinski definition) is 6. The lowest BCUT2D eigenvalue weighted by Crippen LogP contribution is -2.49. The smallest absolute Gasteiger partial charge is 0.243 e. The molecule has 0 spiro atoms. The molecular weight excluding hydrogens is 352 g/mol. The molecule has 1 aliphatic rings. The standard InChI is InChI=1S/C18H24N4O3S/c1-14(2)17-18(20-9-8-19-17)21-10-12-22(13-11-21)26(23,24)16-6-4-15(25-3)5-7-16/h4-9,14H,10-13H2,1-3H3. The fraction of sp³-hybridized carbons (Fsp3) is 0.444. The predicted octanol–water partition coefficient (Wildman–Crippen LogP) is 2.12. The number of anilines is 1. The zero-order valence-corrected chi connectivity index (χ0v) is 16.1. The molecule has 7 nitrogen and oxygen atoms in total. The molecule has 2 heterocycles. The first kappa shape index (κ1) is 18.6. The lowest BCUT2D eigenvalue weighted by Gasteiger charge is -2.35. The second-order valence-corrected chi connectivity index (χ2v) is 8.42. The first-order valence-electron chi connectivity index (χ1n) is 8.63. The van der Waals surface area contributed by atoms with Gasteiger partial charge in [0.15, 0.2) is 5.82 Å². The second kappa shape index (κ2) is 7.59. The Bertz CT molecular complexity index is 845. The van der Waals surface area contributed by atoms with Gasteiger partial charge in [-0.3, -0.25) is 4.98 Å². The summed E-state index contributed by atoms with van der Waals surface area (Å²) in [6.07, 6.45) is 3.38. The topological polar surface area (TPSA) is 75.6 Å². The molecule has 0 unspecified atom stereocenters. The van der Waals surface area contributed by atoms with Crippen molar-refractivity contribution in [3.8, 4) is 5.75 Å². The molecule has 0 radical (unpaired) electrons. The maximum absolute atomic E-state index is 12.8. The summed E-state index contributed by atoms with van der Waals surface area (Å²) in [4.78, 5) is 11.3. The van der Waals surface area contributed by atoms with E-state index in [1.165, 1.54) is 4.31 Å². The summed E-state index contributed by atoms with van der Waals surface area (Å²) in [5.41, 5.74) is 0.943. The summed E-state index contributed by atoms with van der Waals surface area (Å²) in [5.74, 6) is 1.75. The Morgan fingerprint density at radius 2 is 1.62 bits per heavy atom. The van der Waals surface area contributed by atoms with E-state index in [2.05, 4.69) is 28.7 Å². The normalized spacial score (nSPS) is 16.1. The third-order valence-electron chi connectivity index (χ3n) is 4.49. The number of methoxy groups -OCH3 is 1. The van der Waals surface area contributed by atoms with E-state index in [0.29, 0.717) is 31.9 Å². The van der Waals surface area contributed by atoms with Gasteiger partial charge in [-0.05, 0) is 30.2 Å². The molecule has 1 fully saturated rings. The highest BCUT2D eigenvalue weighted by Crippen LogP contribution is 2.26. The van der Waals surface area contributed by atoms with Crippen LogP contribution in [0.25, 0.3) is 0 Å². The first-order valence-corrected chi connectivity index (χ1v) is 10.1. The molecule has 0 saturated carbocycles. The van der Waals surface area contributed by atoms with Crippen molar-refractivity contribution in [2.24, 2.45) is 0 Å². The van der Waals surface area contributed by atoms with Gasteiger partial charge in [0.2, 0.25) is 10.0 Å². The SMILES string of the molecule is COc1ccc(S(=O)(=O)N2CCN(c3nccnc3C(C)C)CC2)cc1. The largest absolute Gasteiger partial charge is 0.497 e. The van der Waals surface area contributed by atoms with Gasteiger partial charge in [0.25, 0.3) is 0 Å². The highest BCUT2D eigenvalue weighted by molar-refractivity contribution is 7.89. The monoisotopic (exact) mass is 376 g/mol. The lowest BCUT2D eigenvalue weighted by atomic mass is 10.1. The van der Waals surface area contributed by atoms with E-state index in [0.717, 1.165) is 11.5 Å². The molecule has 2 aromatic rings. The Morgan fingerprint density at radius 1 is 1.00 bits per heavy atom. The minimum atomic E-state index is -3.50. The fourth-order valence-corrected chi connectivity index (χ4v) is 4.45. The van der Waals surface area contributed by atoms with E-state index in [4.69, 9.17) is 4.74 Å². The van der Waals surface area contributed by atoms with Crippen molar-refractivity contribution in [2.45, 2.75) is 24.7 Å². The molecule has 1 aliphatic heterocycles. The number of rotatable bonds is 5. The van der Waals surface area contributed by atoms with Crippen LogP contribution in [0.15, 0.2) is 41.6 Å². The highest BCUT2D eigenvalue weighted by Gasteiger charge is 2.30. The van der Waals surface area contributed by atoms with Gasteiger partial charge >= 0.3 is 0 Å².